The molecule has 0 aliphatic heterocycles. The molecule has 0 heterocycles. The average molecular weight is 168 g/mol. The van der Waals surface area contributed by atoms with E-state index in [1.54, 1.807) is 0 Å². The topological polar surface area (TPSA) is 0 Å². The molecule has 0 amide bonds. The summed E-state index contributed by atoms with van der Waals surface area (Å²) in [5, 5.41) is 0. The molecule has 1 unspecified atom stereocenters. The maximum absolute atomic E-state index is 2.71. The van der Waals surface area contributed by atoms with Gasteiger partial charge in [0.15, 0.2) is 0 Å². The van der Waals surface area contributed by atoms with Crippen molar-refractivity contribution in [2.75, 3.05) is 0 Å². The number of aryl methyl sites for hydroxylation is 1. The van der Waals surface area contributed by atoms with Crippen LogP contribution in [0, 0.1) is 6.92 Å². The van der Waals surface area contributed by atoms with Crippen LogP contribution in [0.5, 0.6) is 0 Å². The molecule has 0 saturated heterocycles. The molecule has 0 radical (unpaired) electrons. The standard InChI is InChI=1S/C8H11P.C2H6/c1-7-2-4-8(6-9)5-3-7;1-2/h2-5H,6,9H2,1H3;1-2H3. The van der Waals surface area contributed by atoms with E-state index in [9.17, 15) is 0 Å². The van der Waals surface area contributed by atoms with Crippen molar-refractivity contribution in [2.45, 2.75) is 26.9 Å². The van der Waals surface area contributed by atoms with Crippen molar-refractivity contribution in [2.24, 2.45) is 0 Å². The van der Waals surface area contributed by atoms with Gasteiger partial charge in [0.2, 0.25) is 0 Å². The summed E-state index contributed by atoms with van der Waals surface area (Å²) in [5.41, 5.74) is 2.71. The lowest BCUT2D eigenvalue weighted by Crippen LogP contribution is -1.75. The van der Waals surface area contributed by atoms with Gasteiger partial charge in [-0.15, -0.1) is 9.24 Å². The zero-order valence-electron chi connectivity index (χ0n) is 7.59. The molecule has 0 aliphatic rings. The molecule has 0 aliphatic carbocycles. The van der Waals surface area contributed by atoms with Crippen LogP contribution in [0.1, 0.15) is 25.0 Å². The van der Waals surface area contributed by atoms with Crippen molar-refractivity contribution in [3.8, 4) is 0 Å². The van der Waals surface area contributed by atoms with E-state index in [0.717, 1.165) is 6.16 Å². The third-order valence-corrected chi connectivity index (χ3v) is 1.83. The summed E-state index contributed by atoms with van der Waals surface area (Å²) in [4.78, 5) is 0. The maximum Gasteiger partial charge on any atom is -0.0128 e. The number of rotatable bonds is 1. The van der Waals surface area contributed by atoms with Gasteiger partial charge in [0.25, 0.3) is 0 Å². The third kappa shape index (κ3) is 4.16. The van der Waals surface area contributed by atoms with Crippen LogP contribution in [0.3, 0.4) is 0 Å². The number of benzene rings is 1. The molecule has 0 nitrogen and oxygen atoms in total. The van der Waals surface area contributed by atoms with Crippen molar-refractivity contribution in [1.82, 2.24) is 0 Å². The Hall–Kier alpha value is -0.350. The van der Waals surface area contributed by atoms with Crippen LogP contribution < -0.4 is 0 Å². The van der Waals surface area contributed by atoms with Crippen molar-refractivity contribution in [3.05, 3.63) is 35.4 Å². The minimum atomic E-state index is 1.06. The fraction of sp³-hybridized carbons (Fsp3) is 0.400. The molecule has 1 rings (SSSR count). The molecule has 1 aromatic carbocycles. The van der Waals surface area contributed by atoms with E-state index in [0.29, 0.717) is 0 Å². The first-order valence-electron chi connectivity index (χ1n) is 4.08. The summed E-state index contributed by atoms with van der Waals surface area (Å²) in [7, 11) is 2.71. The van der Waals surface area contributed by atoms with Crippen LogP contribution in [0.4, 0.5) is 0 Å². The van der Waals surface area contributed by atoms with E-state index in [2.05, 4.69) is 40.4 Å². The van der Waals surface area contributed by atoms with Gasteiger partial charge in [0.1, 0.15) is 0 Å². The van der Waals surface area contributed by atoms with Gasteiger partial charge >= 0.3 is 0 Å². The SMILES string of the molecule is CC.Cc1ccc(CP)cc1. The Morgan fingerprint density at radius 3 is 1.91 bits per heavy atom. The fourth-order valence-electron chi connectivity index (χ4n) is 0.724. The van der Waals surface area contributed by atoms with Crippen LogP contribution >= 0.6 is 9.24 Å². The second-order valence-corrected chi connectivity index (χ2v) is 2.60. The summed E-state index contributed by atoms with van der Waals surface area (Å²) in [6.45, 7) is 6.10. The first kappa shape index (κ1) is 10.7. The first-order valence-corrected chi connectivity index (χ1v) is 4.90. The Balaban J connectivity index is 0.000000461. The van der Waals surface area contributed by atoms with E-state index in [-0.39, 0.29) is 0 Å². The van der Waals surface area contributed by atoms with Gasteiger partial charge in [0, 0.05) is 0 Å². The van der Waals surface area contributed by atoms with Gasteiger partial charge in [-0.1, -0.05) is 43.7 Å². The minimum absolute atomic E-state index is 1.06. The molecule has 0 aromatic heterocycles. The lowest BCUT2D eigenvalue weighted by atomic mass is 10.2. The van der Waals surface area contributed by atoms with Gasteiger partial charge in [-0.3, -0.25) is 0 Å². The predicted molar refractivity (Wildman–Crippen MR) is 55.9 cm³/mol. The smallest absolute Gasteiger partial charge is 0.0128 e. The van der Waals surface area contributed by atoms with E-state index in [1.807, 2.05) is 13.8 Å². The minimum Gasteiger partial charge on any atom is -0.133 e. The molecular formula is C10H17P. The molecule has 11 heavy (non-hydrogen) atoms. The van der Waals surface area contributed by atoms with Gasteiger partial charge in [0.05, 0.1) is 0 Å². The molecule has 0 fully saturated rings. The highest BCUT2D eigenvalue weighted by Crippen LogP contribution is 2.06. The van der Waals surface area contributed by atoms with Gasteiger partial charge in [-0.25, -0.2) is 0 Å². The Kier molecular flexibility index (Phi) is 6.16. The molecule has 1 atom stereocenters. The number of hydrogen-bond acceptors (Lipinski definition) is 0. The maximum atomic E-state index is 2.71. The second kappa shape index (κ2) is 6.37. The summed E-state index contributed by atoms with van der Waals surface area (Å²) in [5.74, 6) is 0. The van der Waals surface area contributed by atoms with Gasteiger partial charge in [-0.05, 0) is 18.6 Å². The lowest BCUT2D eigenvalue weighted by Gasteiger charge is -1.94. The van der Waals surface area contributed by atoms with E-state index < -0.39 is 0 Å². The summed E-state index contributed by atoms with van der Waals surface area (Å²) in [6.07, 6.45) is 1.06. The Morgan fingerprint density at radius 1 is 1.09 bits per heavy atom. The molecule has 1 aromatic rings. The molecule has 62 valence electrons. The van der Waals surface area contributed by atoms with Gasteiger partial charge in [-0.2, -0.15) is 0 Å². The molecule has 0 saturated carbocycles. The summed E-state index contributed by atoms with van der Waals surface area (Å²) < 4.78 is 0. The molecular weight excluding hydrogens is 151 g/mol. The normalized spacial score (nSPS) is 8.36. The third-order valence-electron chi connectivity index (χ3n) is 1.36. The van der Waals surface area contributed by atoms with Crippen LogP contribution in [-0.4, -0.2) is 0 Å². The Bertz CT molecular complexity index is 177. The van der Waals surface area contributed by atoms with E-state index >= 15 is 0 Å². The van der Waals surface area contributed by atoms with E-state index in [1.165, 1.54) is 11.1 Å². The largest absolute Gasteiger partial charge is 0.133 e. The van der Waals surface area contributed by atoms with Crippen molar-refractivity contribution < 1.29 is 0 Å². The molecule has 0 spiro atoms. The Labute approximate surface area is 72.2 Å². The van der Waals surface area contributed by atoms with E-state index in [4.69, 9.17) is 0 Å². The fourth-order valence-corrected chi connectivity index (χ4v) is 0.996. The van der Waals surface area contributed by atoms with Crippen molar-refractivity contribution in [1.29, 1.82) is 0 Å². The average Bonchev–Trinajstić information content (AvgIpc) is 2.10. The second-order valence-electron chi connectivity index (χ2n) is 2.19. The van der Waals surface area contributed by atoms with Gasteiger partial charge < -0.3 is 0 Å². The lowest BCUT2D eigenvalue weighted by molar-refractivity contribution is 1.37. The van der Waals surface area contributed by atoms with Crippen LogP contribution in [-0.2, 0) is 6.16 Å². The van der Waals surface area contributed by atoms with Crippen LogP contribution in [0.25, 0.3) is 0 Å². The predicted octanol–water partition coefficient (Wildman–Crippen LogP) is 3.40. The molecule has 1 heteroatoms. The highest BCUT2D eigenvalue weighted by atomic mass is 31.0. The van der Waals surface area contributed by atoms with Crippen molar-refractivity contribution in [3.63, 3.8) is 0 Å². The highest BCUT2D eigenvalue weighted by Gasteiger charge is 1.84. The monoisotopic (exact) mass is 168 g/mol. The number of hydrogen-bond donors (Lipinski definition) is 0. The zero-order valence-corrected chi connectivity index (χ0v) is 8.75. The Morgan fingerprint density at radius 2 is 1.55 bits per heavy atom. The highest BCUT2D eigenvalue weighted by molar-refractivity contribution is 7.15. The quantitative estimate of drug-likeness (QED) is 0.564. The van der Waals surface area contributed by atoms with Crippen LogP contribution in [0.15, 0.2) is 24.3 Å². The summed E-state index contributed by atoms with van der Waals surface area (Å²) >= 11 is 0. The first-order chi connectivity index (χ1) is 5.33. The zero-order chi connectivity index (χ0) is 8.69. The van der Waals surface area contributed by atoms with Crippen LogP contribution in [0.2, 0.25) is 0 Å². The van der Waals surface area contributed by atoms with Crippen molar-refractivity contribution >= 4 is 9.24 Å². The molecule has 0 N–H and O–H groups in total. The summed E-state index contributed by atoms with van der Waals surface area (Å²) in [6, 6.07) is 8.59. The molecule has 0 bridgehead atoms.